The average molecular weight is 336 g/mol. The fourth-order valence-electron chi connectivity index (χ4n) is 4.64. The second kappa shape index (κ2) is 8.89. The minimum Gasteiger partial charge on any atom is -0.370 e. The zero-order valence-electron chi connectivity index (χ0n) is 16.2. The van der Waals surface area contributed by atoms with Crippen LogP contribution < -0.4 is 0 Å². The summed E-state index contributed by atoms with van der Waals surface area (Å²) in [5, 5.41) is 0. The van der Waals surface area contributed by atoms with E-state index in [4.69, 9.17) is 0 Å². The summed E-state index contributed by atoms with van der Waals surface area (Å²) in [6, 6.07) is 0.544. The highest BCUT2D eigenvalue weighted by atomic mass is 15.2. The van der Waals surface area contributed by atoms with Crippen LogP contribution >= 0.6 is 0 Å². The first-order chi connectivity index (χ1) is 12.1. The lowest BCUT2D eigenvalue weighted by atomic mass is 9.74. The van der Waals surface area contributed by atoms with Gasteiger partial charge in [0.05, 0.1) is 0 Å². The van der Waals surface area contributed by atoms with Crippen LogP contribution in [0.1, 0.15) is 39.5 Å². The van der Waals surface area contributed by atoms with Gasteiger partial charge in [-0.2, -0.15) is 0 Å². The Kier molecular flexibility index (Phi) is 6.87. The van der Waals surface area contributed by atoms with Crippen molar-refractivity contribution in [2.24, 2.45) is 11.8 Å². The molecule has 0 N–H and O–H groups in total. The Balaban J connectivity index is 2.34. The second-order valence-electron chi connectivity index (χ2n) is 7.01. The van der Waals surface area contributed by atoms with Gasteiger partial charge in [0.2, 0.25) is 0 Å². The lowest BCUT2D eigenvalue weighted by Crippen LogP contribution is -2.39. The van der Waals surface area contributed by atoms with Crippen LogP contribution in [0.25, 0.3) is 0 Å². The molecule has 3 atom stereocenters. The van der Waals surface area contributed by atoms with Gasteiger partial charge in [-0.3, -0.25) is 0 Å². The monoisotopic (exact) mass is 335 g/mol. The Labute approximate surface area is 154 Å². The minimum atomic E-state index is 0.544. The van der Waals surface area contributed by atoms with E-state index in [1.54, 1.807) is 0 Å². The quantitative estimate of drug-likeness (QED) is 0.489. The first kappa shape index (κ1) is 19.3. The highest BCUT2D eigenvalue weighted by Gasteiger charge is 2.41. The predicted molar refractivity (Wildman–Crippen MR) is 111 cm³/mol. The fourth-order valence-corrected chi connectivity index (χ4v) is 4.64. The SMILES string of the molecule is C=C/C=C\C1=C(C=C)CCC(C2C(CC)C(C=C)=C(/C=C\C)N2C)C1. The van der Waals surface area contributed by atoms with Crippen molar-refractivity contribution in [2.75, 3.05) is 7.05 Å². The molecule has 0 radical (unpaired) electrons. The van der Waals surface area contributed by atoms with Crippen molar-refractivity contribution in [3.8, 4) is 0 Å². The molecule has 1 aliphatic heterocycles. The molecular formula is C24H33N. The van der Waals surface area contributed by atoms with Gasteiger partial charge in [-0.25, -0.2) is 0 Å². The largest absolute Gasteiger partial charge is 0.370 e. The molecule has 2 aliphatic rings. The van der Waals surface area contributed by atoms with E-state index in [1.807, 2.05) is 12.2 Å². The molecule has 1 heteroatoms. The van der Waals surface area contributed by atoms with Gasteiger partial charge in [-0.1, -0.05) is 63.1 Å². The van der Waals surface area contributed by atoms with Gasteiger partial charge in [0.15, 0.2) is 0 Å². The molecule has 1 heterocycles. The van der Waals surface area contributed by atoms with Crippen LogP contribution in [0, 0.1) is 11.8 Å². The van der Waals surface area contributed by atoms with Crippen LogP contribution in [0.2, 0.25) is 0 Å². The van der Waals surface area contributed by atoms with Crippen LogP contribution in [0.3, 0.4) is 0 Å². The van der Waals surface area contributed by atoms with Crippen LogP contribution in [-0.4, -0.2) is 18.0 Å². The molecule has 0 saturated carbocycles. The Morgan fingerprint density at radius 1 is 1.12 bits per heavy atom. The Hall–Kier alpha value is -2.02. The van der Waals surface area contributed by atoms with Crippen LogP contribution in [0.15, 0.2) is 84.7 Å². The normalized spacial score (nSPS) is 27.6. The van der Waals surface area contributed by atoms with E-state index in [2.05, 4.69) is 75.9 Å². The van der Waals surface area contributed by atoms with Gasteiger partial charge in [0, 0.05) is 24.7 Å². The van der Waals surface area contributed by atoms with Crippen LogP contribution in [0.4, 0.5) is 0 Å². The summed E-state index contributed by atoms with van der Waals surface area (Å²) in [5.41, 5.74) is 5.58. The van der Waals surface area contributed by atoms with E-state index in [9.17, 15) is 0 Å². The van der Waals surface area contributed by atoms with Crippen molar-refractivity contribution < 1.29 is 0 Å². The highest BCUT2D eigenvalue weighted by Crippen LogP contribution is 2.45. The number of nitrogens with zero attached hydrogens (tertiary/aromatic N) is 1. The smallest absolute Gasteiger partial charge is 0.0399 e. The highest BCUT2D eigenvalue weighted by molar-refractivity contribution is 5.41. The topological polar surface area (TPSA) is 3.24 Å². The van der Waals surface area contributed by atoms with Crippen molar-refractivity contribution in [3.05, 3.63) is 84.7 Å². The van der Waals surface area contributed by atoms with E-state index in [0.29, 0.717) is 17.9 Å². The Bertz CT molecular complexity index is 641. The number of likely N-dealkylation sites (N-methyl/N-ethyl adjacent to an activating group) is 1. The summed E-state index contributed by atoms with van der Waals surface area (Å²) in [7, 11) is 2.26. The van der Waals surface area contributed by atoms with Crippen LogP contribution in [0.5, 0.6) is 0 Å². The van der Waals surface area contributed by atoms with E-state index in [1.165, 1.54) is 28.8 Å². The third-order valence-corrected chi connectivity index (χ3v) is 5.76. The third-order valence-electron chi connectivity index (χ3n) is 5.76. The van der Waals surface area contributed by atoms with Crippen molar-refractivity contribution in [1.29, 1.82) is 0 Å². The Morgan fingerprint density at radius 2 is 1.88 bits per heavy atom. The molecule has 1 aliphatic carbocycles. The van der Waals surface area contributed by atoms with Gasteiger partial charge < -0.3 is 4.90 Å². The van der Waals surface area contributed by atoms with E-state index >= 15 is 0 Å². The van der Waals surface area contributed by atoms with Crippen molar-refractivity contribution in [2.45, 2.75) is 45.6 Å². The first-order valence-corrected chi connectivity index (χ1v) is 9.48. The van der Waals surface area contributed by atoms with Crippen molar-refractivity contribution >= 4 is 0 Å². The molecule has 0 aromatic heterocycles. The summed E-state index contributed by atoms with van der Waals surface area (Å²) in [6.07, 6.45) is 19.2. The van der Waals surface area contributed by atoms with Gasteiger partial charge in [0.1, 0.15) is 0 Å². The number of rotatable bonds is 7. The molecule has 0 spiro atoms. The first-order valence-electron chi connectivity index (χ1n) is 9.48. The fraction of sp³-hybridized carbons (Fsp3) is 0.417. The van der Waals surface area contributed by atoms with Crippen molar-refractivity contribution in [3.63, 3.8) is 0 Å². The molecule has 0 fully saturated rings. The van der Waals surface area contributed by atoms with Gasteiger partial charge in [0.25, 0.3) is 0 Å². The van der Waals surface area contributed by atoms with Crippen LogP contribution in [-0.2, 0) is 0 Å². The average Bonchev–Trinajstić information content (AvgIpc) is 2.91. The minimum absolute atomic E-state index is 0.544. The number of allylic oxidation sites excluding steroid dienone is 9. The zero-order chi connectivity index (χ0) is 18.4. The summed E-state index contributed by atoms with van der Waals surface area (Å²) < 4.78 is 0. The summed E-state index contributed by atoms with van der Waals surface area (Å²) in [4.78, 5) is 2.50. The molecular weight excluding hydrogens is 302 g/mol. The van der Waals surface area contributed by atoms with Crippen molar-refractivity contribution in [1.82, 2.24) is 4.90 Å². The summed E-state index contributed by atoms with van der Waals surface area (Å²) in [6.45, 7) is 16.3. The van der Waals surface area contributed by atoms with E-state index in [-0.39, 0.29) is 0 Å². The summed E-state index contributed by atoms with van der Waals surface area (Å²) >= 11 is 0. The molecule has 1 nitrogen and oxygen atoms in total. The summed E-state index contributed by atoms with van der Waals surface area (Å²) in [5.74, 6) is 1.22. The molecule has 0 saturated heterocycles. The maximum atomic E-state index is 4.10. The molecule has 3 unspecified atom stereocenters. The van der Waals surface area contributed by atoms with Gasteiger partial charge in [-0.15, -0.1) is 0 Å². The number of hydrogen-bond acceptors (Lipinski definition) is 1. The predicted octanol–water partition coefficient (Wildman–Crippen LogP) is 6.37. The molecule has 0 aromatic rings. The Morgan fingerprint density at radius 3 is 2.44 bits per heavy atom. The zero-order valence-corrected chi connectivity index (χ0v) is 16.2. The lowest BCUT2D eigenvalue weighted by molar-refractivity contribution is 0.182. The molecule has 0 bridgehead atoms. The molecule has 2 rings (SSSR count). The molecule has 134 valence electrons. The maximum absolute atomic E-state index is 4.10. The molecule has 25 heavy (non-hydrogen) atoms. The van der Waals surface area contributed by atoms with E-state index in [0.717, 1.165) is 19.3 Å². The molecule has 0 amide bonds. The lowest BCUT2D eigenvalue weighted by Gasteiger charge is -2.38. The number of hydrogen-bond donors (Lipinski definition) is 0. The van der Waals surface area contributed by atoms with E-state index < -0.39 is 0 Å². The third kappa shape index (κ3) is 3.81. The van der Waals surface area contributed by atoms with Gasteiger partial charge >= 0.3 is 0 Å². The second-order valence-corrected chi connectivity index (χ2v) is 7.01. The van der Waals surface area contributed by atoms with Gasteiger partial charge in [-0.05, 0) is 61.3 Å². The standard InChI is InChI=1S/C24H33N/c1-7-12-14-19-17-20(16-15-18(19)9-3)24-22(11-5)21(10-4)23(13-8-2)25(24)6/h7-10,12-14,20,22,24H,1,3-4,11,15-17H2,2,5-6H3/b13-8-,14-12-. The maximum Gasteiger partial charge on any atom is 0.0399 e. The molecule has 0 aromatic carbocycles.